The van der Waals surface area contributed by atoms with Crippen molar-refractivity contribution in [3.63, 3.8) is 0 Å². The summed E-state index contributed by atoms with van der Waals surface area (Å²) in [6, 6.07) is 20.2. The molecule has 2 aromatic heterocycles. The molecule has 0 aliphatic rings. The molecule has 0 aliphatic heterocycles. The summed E-state index contributed by atoms with van der Waals surface area (Å²) >= 11 is 1.20. The van der Waals surface area contributed by atoms with Crippen molar-refractivity contribution in [2.75, 3.05) is 5.32 Å². The molecule has 34 heavy (non-hydrogen) atoms. The number of fused-ring (bicyclic) bond motifs is 1. The first kappa shape index (κ1) is 26.0. The Balaban J connectivity index is 0.000000350. The normalized spacial score (nSPS) is 11.6. The molecule has 13 heteroatoms. The number of aromatic nitrogens is 2. The van der Waals surface area contributed by atoms with E-state index in [1.807, 2.05) is 43.3 Å². The number of nitrogens with one attached hydrogen (secondary N) is 1. The van der Waals surface area contributed by atoms with Crippen molar-refractivity contribution in [3.8, 4) is 0 Å². The van der Waals surface area contributed by atoms with Crippen LogP contribution in [0, 0.1) is 14.1 Å². The van der Waals surface area contributed by atoms with Gasteiger partial charge in [-0.1, -0.05) is 35.6 Å². The van der Waals surface area contributed by atoms with Gasteiger partial charge in [-0.2, -0.15) is 13.2 Å². The number of hydrogen-bond donors (Lipinski definition) is 1. The van der Waals surface area contributed by atoms with E-state index in [-0.39, 0.29) is 27.1 Å². The summed E-state index contributed by atoms with van der Waals surface area (Å²) in [5.74, 6) is -0.231. The number of carbonyl (C=O) groups is 1. The van der Waals surface area contributed by atoms with Crippen LogP contribution in [0.25, 0.3) is 10.2 Å². The van der Waals surface area contributed by atoms with Crippen molar-refractivity contribution in [1.82, 2.24) is 9.97 Å². The molecule has 2 heterocycles. The highest BCUT2D eigenvalue weighted by Crippen LogP contribution is 2.26. The molecule has 4 aromatic rings. The van der Waals surface area contributed by atoms with Crippen molar-refractivity contribution >= 4 is 42.7 Å². The molecule has 7 nitrogen and oxygen atoms in total. The first-order valence-electron chi connectivity index (χ1n) is 9.29. The van der Waals surface area contributed by atoms with Crippen LogP contribution in [0.4, 0.5) is 18.3 Å². The Kier molecular flexibility index (Phi) is 8.22. The van der Waals surface area contributed by atoms with E-state index in [1.165, 1.54) is 24.0 Å². The van der Waals surface area contributed by atoms with Gasteiger partial charge in [0.2, 0.25) is 3.57 Å². The number of thiazole rings is 1. The van der Waals surface area contributed by atoms with Gasteiger partial charge in [-0.05, 0) is 48.9 Å². The van der Waals surface area contributed by atoms with E-state index in [4.69, 9.17) is 13.0 Å². The van der Waals surface area contributed by atoms with Crippen molar-refractivity contribution in [2.24, 2.45) is 0 Å². The summed E-state index contributed by atoms with van der Waals surface area (Å²) in [4.78, 5) is 21.2. The van der Waals surface area contributed by atoms with Crippen LogP contribution < -0.4 is 26.5 Å². The van der Waals surface area contributed by atoms with Crippen LogP contribution in [0.3, 0.4) is 0 Å². The number of alkyl halides is 3. The van der Waals surface area contributed by atoms with Crippen molar-refractivity contribution in [1.29, 1.82) is 0 Å². The molecule has 1 amide bonds. The van der Waals surface area contributed by atoms with Crippen LogP contribution in [-0.4, -0.2) is 34.4 Å². The number of rotatable bonds is 4. The summed E-state index contributed by atoms with van der Waals surface area (Å²) in [5, 5.41) is 3.45. The molecule has 0 unspecified atom stereocenters. The third-order valence-corrected chi connectivity index (χ3v) is 8.06. The molecular weight excluding hydrogens is 606 g/mol. The Morgan fingerprint density at radius 1 is 1.06 bits per heavy atom. The van der Waals surface area contributed by atoms with Gasteiger partial charge >= 0.3 is 26.7 Å². The third kappa shape index (κ3) is 7.19. The van der Waals surface area contributed by atoms with Gasteiger partial charge in [0.25, 0.3) is 5.91 Å². The minimum atomic E-state index is -6.09. The summed E-state index contributed by atoms with van der Waals surface area (Å²) < 4.78 is 62.5. The fourth-order valence-electron chi connectivity index (χ4n) is 2.42. The van der Waals surface area contributed by atoms with E-state index in [0.29, 0.717) is 10.8 Å². The largest absolute Gasteiger partial charge is 0.741 e. The summed E-state index contributed by atoms with van der Waals surface area (Å²) in [6.45, 7) is 2.04. The van der Waals surface area contributed by atoms with E-state index in [1.54, 1.807) is 12.3 Å². The molecule has 0 saturated heterocycles. The molecule has 0 radical (unpaired) electrons. The number of amides is 1. The topological polar surface area (TPSA) is 112 Å². The second kappa shape index (κ2) is 10.8. The maximum Gasteiger partial charge on any atom is 0.485 e. The Hall–Kier alpha value is -2.62. The highest BCUT2D eigenvalue weighted by Gasteiger charge is 2.36. The van der Waals surface area contributed by atoms with Gasteiger partial charge in [0.05, 0.1) is 16.4 Å². The van der Waals surface area contributed by atoms with Crippen molar-refractivity contribution < 1.29 is 52.1 Å². The molecule has 4 rings (SSSR count). The maximum atomic E-state index is 12.4. The van der Waals surface area contributed by atoms with E-state index in [9.17, 15) is 18.0 Å². The first-order valence-corrected chi connectivity index (χ1v) is 13.7. The Bertz CT molecular complexity index is 1390. The average Bonchev–Trinajstić information content (AvgIpc) is 3.15. The molecule has 0 spiro atoms. The van der Waals surface area contributed by atoms with Crippen LogP contribution in [0.15, 0.2) is 66.9 Å². The molecule has 0 aliphatic carbocycles. The number of carbonyl (C=O) groups excluding carboxylic acids is 1. The monoisotopic (exact) mass is 621 g/mol. The molecule has 1 N–H and O–H groups in total. The lowest BCUT2D eigenvalue weighted by Crippen LogP contribution is -3.61. The number of halogens is 4. The number of anilines is 1. The molecule has 0 fully saturated rings. The standard InChI is InChI=1S/C20H14IN3OS.CHF3O3S/c1-13-7-9-16-18(11-13)26-20(23-16)24-19(25)17-10-8-15(12-22-17)21-14-5-3-2-4-6-14;2-1(3,4)8(5,6)7/h2-12H,1H3;(H,5,6,7). The minimum absolute atomic E-state index is 0.231. The SMILES string of the molecule is Cc1ccc2nc(NC(=O)c3ccc([I+]c4ccccc4)cn3)sc2c1.O=S(=O)([O-])C(F)(F)F. The number of pyridine rings is 1. The molecule has 0 atom stereocenters. The van der Waals surface area contributed by atoms with Gasteiger partial charge in [0.1, 0.15) is 5.69 Å². The maximum absolute atomic E-state index is 12.4. The zero-order chi connectivity index (χ0) is 24.9. The molecular formula is C21H15F3IN3O4S2. The number of nitrogens with zero attached hydrogens (tertiary/aromatic N) is 2. The number of hydrogen-bond acceptors (Lipinski definition) is 7. The Labute approximate surface area is 207 Å². The molecule has 2 aromatic carbocycles. The van der Waals surface area contributed by atoms with E-state index in [2.05, 4.69) is 33.5 Å². The van der Waals surface area contributed by atoms with Gasteiger partial charge in [-0.25, -0.2) is 18.4 Å². The summed E-state index contributed by atoms with van der Waals surface area (Å²) in [7, 11) is -6.09. The smallest absolute Gasteiger partial charge is 0.485 e. The summed E-state index contributed by atoms with van der Waals surface area (Å²) in [6.07, 6.45) is 1.80. The van der Waals surface area contributed by atoms with Crippen LogP contribution in [-0.2, 0) is 10.1 Å². The predicted molar refractivity (Wildman–Crippen MR) is 116 cm³/mol. The van der Waals surface area contributed by atoms with Gasteiger partial charge in [-0.3, -0.25) is 10.1 Å². The van der Waals surface area contributed by atoms with Crippen LogP contribution in [0.5, 0.6) is 0 Å². The Morgan fingerprint density at radius 3 is 2.32 bits per heavy atom. The quantitative estimate of drug-likeness (QED) is 0.210. The molecule has 0 saturated carbocycles. The first-order chi connectivity index (χ1) is 15.9. The van der Waals surface area contributed by atoms with Crippen molar-refractivity contribution in [2.45, 2.75) is 12.4 Å². The number of aryl methyl sites for hydroxylation is 1. The number of benzene rings is 2. The van der Waals surface area contributed by atoms with Crippen molar-refractivity contribution in [3.05, 3.63) is 85.3 Å². The summed E-state index contributed by atoms with van der Waals surface area (Å²) in [5.41, 5.74) is -3.17. The Morgan fingerprint density at radius 2 is 1.74 bits per heavy atom. The zero-order valence-electron chi connectivity index (χ0n) is 17.2. The fraction of sp³-hybridized carbons (Fsp3) is 0.0952. The van der Waals surface area contributed by atoms with E-state index >= 15 is 0 Å². The van der Waals surface area contributed by atoms with Gasteiger partial charge in [0.15, 0.2) is 18.8 Å². The van der Waals surface area contributed by atoms with Gasteiger partial charge in [0, 0.05) is 0 Å². The fourth-order valence-corrected chi connectivity index (χ4v) is 5.51. The zero-order valence-corrected chi connectivity index (χ0v) is 21.0. The third-order valence-electron chi connectivity index (χ3n) is 3.96. The van der Waals surface area contributed by atoms with Gasteiger partial charge < -0.3 is 4.55 Å². The average molecular weight is 621 g/mol. The predicted octanol–water partition coefficient (Wildman–Crippen LogP) is 1.43. The second-order valence-electron chi connectivity index (χ2n) is 6.60. The lowest BCUT2D eigenvalue weighted by atomic mass is 10.2. The van der Waals surface area contributed by atoms with E-state index in [0.717, 1.165) is 10.2 Å². The highest BCUT2D eigenvalue weighted by molar-refractivity contribution is 7.86. The molecule has 0 bridgehead atoms. The minimum Gasteiger partial charge on any atom is -0.741 e. The van der Waals surface area contributed by atoms with Crippen LogP contribution >= 0.6 is 11.3 Å². The lowest BCUT2D eigenvalue weighted by Gasteiger charge is -2.08. The second-order valence-corrected chi connectivity index (χ2v) is 12.0. The van der Waals surface area contributed by atoms with Gasteiger partial charge in [-0.15, -0.1) is 0 Å². The molecule has 178 valence electrons. The lowest BCUT2D eigenvalue weighted by molar-refractivity contribution is -0.597. The van der Waals surface area contributed by atoms with Crippen LogP contribution in [0.2, 0.25) is 0 Å². The highest BCUT2D eigenvalue weighted by atomic mass is 127. The van der Waals surface area contributed by atoms with Crippen LogP contribution in [0.1, 0.15) is 16.1 Å². The van der Waals surface area contributed by atoms with E-state index < -0.39 is 15.6 Å².